The summed E-state index contributed by atoms with van der Waals surface area (Å²) in [6.45, 7) is 4.42. The van der Waals surface area contributed by atoms with E-state index in [0.717, 1.165) is 12.1 Å². The minimum atomic E-state index is 0.342. The summed E-state index contributed by atoms with van der Waals surface area (Å²) < 4.78 is 0. The van der Waals surface area contributed by atoms with Crippen LogP contribution in [0.15, 0.2) is 18.2 Å². The van der Waals surface area contributed by atoms with Crippen LogP contribution in [-0.2, 0) is 0 Å². The molecule has 15 heavy (non-hydrogen) atoms. The zero-order valence-corrected chi connectivity index (χ0v) is 9.60. The number of hydrogen-bond donors (Lipinski definition) is 1. The number of halogens is 1. The van der Waals surface area contributed by atoms with Gasteiger partial charge in [-0.1, -0.05) is 31.5 Å². The maximum Gasteiger partial charge on any atom is 0.103 e. The van der Waals surface area contributed by atoms with Crippen LogP contribution in [0.3, 0.4) is 0 Å². The molecule has 1 atom stereocenters. The average Bonchev–Trinajstić information content (AvgIpc) is 2.74. The third-order valence-electron chi connectivity index (χ3n) is 2.97. The van der Waals surface area contributed by atoms with E-state index in [1.165, 1.54) is 0 Å². The first-order valence-corrected chi connectivity index (χ1v) is 5.37. The Morgan fingerprint density at radius 3 is 2.73 bits per heavy atom. The summed E-state index contributed by atoms with van der Waals surface area (Å²) in [5.41, 5.74) is 1.73. The number of nitrogens with zero attached hydrogens (tertiary/aromatic N) is 1. The summed E-state index contributed by atoms with van der Waals surface area (Å²) in [5, 5.41) is 12.9. The summed E-state index contributed by atoms with van der Waals surface area (Å²) in [4.78, 5) is 0. The van der Waals surface area contributed by atoms with E-state index in [2.05, 4.69) is 25.2 Å². The van der Waals surface area contributed by atoms with Gasteiger partial charge >= 0.3 is 0 Å². The summed E-state index contributed by atoms with van der Waals surface area (Å²) in [6, 6.07) is 8.09. The summed E-state index contributed by atoms with van der Waals surface area (Å²) >= 11 is 5.94. The molecule has 1 aliphatic rings. The van der Waals surface area contributed by atoms with Gasteiger partial charge < -0.3 is 5.32 Å². The lowest BCUT2D eigenvalue weighted by Crippen LogP contribution is -2.09. The lowest BCUT2D eigenvalue weighted by Gasteiger charge is -2.10. The Labute approximate surface area is 94.9 Å². The molecule has 0 spiro atoms. The zero-order chi connectivity index (χ0) is 11.1. The fourth-order valence-electron chi connectivity index (χ4n) is 1.66. The van der Waals surface area contributed by atoms with Gasteiger partial charge in [0, 0.05) is 6.04 Å². The molecule has 1 aromatic rings. The van der Waals surface area contributed by atoms with E-state index >= 15 is 0 Å². The highest BCUT2D eigenvalue weighted by Gasteiger charge is 2.45. The second-order valence-corrected chi connectivity index (χ2v) is 5.07. The minimum Gasteiger partial charge on any atom is -0.381 e. The van der Waals surface area contributed by atoms with Crippen molar-refractivity contribution < 1.29 is 0 Å². The molecule has 0 heterocycles. The normalized spacial score (nSPS) is 21.9. The van der Waals surface area contributed by atoms with Gasteiger partial charge in [-0.3, -0.25) is 0 Å². The van der Waals surface area contributed by atoms with Crippen LogP contribution in [0.4, 0.5) is 5.69 Å². The third kappa shape index (κ3) is 1.93. The van der Waals surface area contributed by atoms with Gasteiger partial charge in [0.25, 0.3) is 0 Å². The minimum absolute atomic E-state index is 0.342. The van der Waals surface area contributed by atoms with Crippen molar-refractivity contribution in [2.75, 3.05) is 5.32 Å². The van der Waals surface area contributed by atoms with Crippen molar-refractivity contribution in [1.82, 2.24) is 0 Å². The lowest BCUT2D eigenvalue weighted by molar-refractivity contribution is 0.630. The van der Waals surface area contributed by atoms with Crippen LogP contribution in [0.2, 0.25) is 5.02 Å². The highest BCUT2D eigenvalue weighted by Crippen LogP contribution is 2.47. The maximum absolute atomic E-state index is 8.99. The molecule has 0 aliphatic heterocycles. The molecule has 0 saturated heterocycles. The van der Waals surface area contributed by atoms with Crippen LogP contribution in [-0.4, -0.2) is 6.04 Å². The second-order valence-electron chi connectivity index (χ2n) is 4.66. The standard InChI is InChI=1S/C12H13ClN2/c1-12(2)6-11(12)15-10-5-3-4-9(13)8(10)7-14/h3-5,11,15H,6H2,1-2H3. The number of anilines is 1. The van der Waals surface area contributed by atoms with Crippen LogP contribution >= 0.6 is 11.6 Å². The highest BCUT2D eigenvalue weighted by molar-refractivity contribution is 6.32. The van der Waals surface area contributed by atoms with Crippen molar-refractivity contribution >= 4 is 17.3 Å². The van der Waals surface area contributed by atoms with E-state index in [4.69, 9.17) is 16.9 Å². The molecule has 78 valence electrons. The molecule has 2 rings (SSSR count). The highest BCUT2D eigenvalue weighted by atomic mass is 35.5. The van der Waals surface area contributed by atoms with E-state index in [0.29, 0.717) is 22.0 Å². The van der Waals surface area contributed by atoms with Crippen LogP contribution in [0, 0.1) is 16.7 Å². The molecule has 1 unspecified atom stereocenters. The summed E-state index contributed by atoms with van der Waals surface area (Å²) in [7, 11) is 0. The maximum atomic E-state index is 8.99. The SMILES string of the molecule is CC1(C)CC1Nc1cccc(Cl)c1C#N. The molecular weight excluding hydrogens is 208 g/mol. The van der Waals surface area contributed by atoms with E-state index in [9.17, 15) is 0 Å². The van der Waals surface area contributed by atoms with E-state index in [1.807, 2.05) is 12.1 Å². The quantitative estimate of drug-likeness (QED) is 0.829. The molecular formula is C12H13ClN2. The lowest BCUT2D eigenvalue weighted by atomic mass is 10.1. The van der Waals surface area contributed by atoms with Gasteiger partial charge in [-0.15, -0.1) is 0 Å². The van der Waals surface area contributed by atoms with Crippen LogP contribution in [0.5, 0.6) is 0 Å². The first kappa shape index (κ1) is 10.3. The second kappa shape index (κ2) is 3.43. The monoisotopic (exact) mass is 220 g/mol. The van der Waals surface area contributed by atoms with Gasteiger partial charge in [-0.05, 0) is 24.0 Å². The van der Waals surface area contributed by atoms with E-state index in [-0.39, 0.29) is 0 Å². The molecule has 0 bridgehead atoms. The molecule has 0 radical (unpaired) electrons. The van der Waals surface area contributed by atoms with Crippen molar-refractivity contribution in [2.45, 2.75) is 26.3 Å². The first-order valence-electron chi connectivity index (χ1n) is 5.00. The molecule has 1 N–H and O–H groups in total. The number of benzene rings is 1. The Balaban J connectivity index is 2.23. The predicted molar refractivity (Wildman–Crippen MR) is 62.0 cm³/mol. The molecule has 0 amide bonds. The summed E-state index contributed by atoms with van der Waals surface area (Å²) in [5.74, 6) is 0. The van der Waals surface area contributed by atoms with Crippen molar-refractivity contribution in [3.8, 4) is 6.07 Å². The smallest absolute Gasteiger partial charge is 0.103 e. The topological polar surface area (TPSA) is 35.8 Å². The van der Waals surface area contributed by atoms with Gasteiger partial charge in [0.05, 0.1) is 16.3 Å². The molecule has 0 aromatic heterocycles. The largest absolute Gasteiger partial charge is 0.381 e. The molecule has 1 aromatic carbocycles. The van der Waals surface area contributed by atoms with Gasteiger partial charge in [0.15, 0.2) is 0 Å². The van der Waals surface area contributed by atoms with Crippen LogP contribution in [0.25, 0.3) is 0 Å². The molecule has 1 saturated carbocycles. The van der Waals surface area contributed by atoms with E-state index in [1.54, 1.807) is 6.07 Å². The fourth-order valence-corrected chi connectivity index (χ4v) is 1.88. The van der Waals surface area contributed by atoms with Crippen molar-refractivity contribution in [3.05, 3.63) is 28.8 Å². The van der Waals surface area contributed by atoms with Gasteiger partial charge in [-0.2, -0.15) is 5.26 Å². The molecule has 1 fully saturated rings. The Kier molecular flexibility index (Phi) is 2.36. The number of hydrogen-bond acceptors (Lipinski definition) is 2. The number of nitriles is 1. The van der Waals surface area contributed by atoms with Crippen molar-refractivity contribution in [1.29, 1.82) is 5.26 Å². The first-order chi connectivity index (χ1) is 7.04. The third-order valence-corrected chi connectivity index (χ3v) is 3.28. The van der Waals surface area contributed by atoms with Gasteiger partial charge in [-0.25, -0.2) is 0 Å². The van der Waals surface area contributed by atoms with Crippen molar-refractivity contribution in [3.63, 3.8) is 0 Å². The number of rotatable bonds is 2. The Bertz CT molecular complexity index is 432. The summed E-state index contributed by atoms with van der Waals surface area (Å²) in [6.07, 6.45) is 1.14. The van der Waals surface area contributed by atoms with Crippen LogP contribution in [0.1, 0.15) is 25.8 Å². The van der Waals surface area contributed by atoms with E-state index < -0.39 is 0 Å². The predicted octanol–water partition coefficient (Wildman–Crippen LogP) is 3.42. The molecule has 3 heteroatoms. The Morgan fingerprint density at radius 2 is 2.20 bits per heavy atom. The van der Waals surface area contributed by atoms with Gasteiger partial charge in [0.1, 0.15) is 6.07 Å². The molecule has 1 aliphatic carbocycles. The fraction of sp³-hybridized carbons (Fsp3) is 0.417. The number of nitrogens with one attached hydrogen (secondary N) is 1. The van der Waals surface area contributed by atoms with Crippen molar-refractivity contribution in [2.24, 2.45) is 5.41 Å². The van der Waals surface area contributed by atoms with Crippen LogP contribution < -0.4 is 5.32 Å². The molecule has 2 nitrogen and oxygen atoms in total. The zero-order valence-electron chi connectivity index (χ0n) is 8.84. The Hall–Kier alpha value is -1.20. The van der Waals surface area contributed by atoms with Gasteiger partial charge in [0.2, 0.25) is 0 Å². The average molecular weight is 221 g/mol. The Morgan fingerprint density at radius 1 is 1.53 bits per heavy atom.